The molecule has 9 heteroatoms. The number of aromatic nitrogens is 2. The summed E-state index contributed by atoms with van der Waals surface area (Å²) in [6, 6.07) is 18.3. The minimum absolute atomic E-state index is 0.153. The van der Waals surface area contributed by atoms with Crippen LogP contribution in [-0.2, 0) is 4.79 Å². The molecule has 0 spiro atoms. The van der Waals surface area contributed by atoms with Crippen LogP contribution in [0.3, 0.4) is 0 Å². The number of carbonyl (C=O) groups excluding carboxylic acids is 1. The molecule has 5 rings (SSSR count). The van der Waals surface area contributed by atoms with E-state index in [2.05, 4.69) is 32.9 Å². The van der Waals surface area contributed by atoms with Crippen LogP contribution in [0.1, 0.15) is 11.4 Å². The van der Waals surface area contributed by atoms with Crippen molar-refractivity contribution in [3.05, 3.63) is 102 Å². The number of benzene rings is 3. The molecule has 0 saturated carbocycles. The highest BCUT2D eigenvalue weighted by atomic mass is 127. The van der Waals surface area contributed by atoms with E-state index in [1.54, 1.807) is 36.4 Å². The lowest BCUT2D eigenvalue weighted by Gasteiger charge is -2.12. The lowest BCUT2D eigenvalue weighted by molar-refractivity contribution is -0.384. The van der Waals surface area contributed by atoms with Gasteiger partial charge in [0.25, 0.3) is 17.2 Å². The predicted octanol–water partition coefficient (Wildman–Crippen LogP) is 4.39. The first-order chi connectivity index (χ1) is 15.4. The van der Waals surface area contributed by atoms with E-state index in [0.717, 1.165) is 3.57 Å². The number of nitro groups is 1. The molecule has 1 amide bonds. The Balaban J connectivity index is 1.83. The van der Waals surface area contributed by atoms with Crippen LogP contribution in [0.4, 0.5) is 11.4 Å². The number of rotatable bonds is 3. The molecule has 0 atom stereocenters. The normalized spacial score (nSPS) is 13.9. The van der Waals surface area contributed by atoms with Crippen molar-refractivity contribution in [1.29, 1.82) is 0 Å². The number of carbonyl (C=O) groups is 1. The van der Waals surface area contributed by atoms with Crippen LogP contribution in [0.5, 0.6) is 0 Å². The first-order valence-electron chi connectivity index (χ1n) is 9.52. The number of para-hydroxylation sites is 1. The van der Waals surface area contributed by atoms with Gasteiger partial charge < -0.3 is 5.32 Å². The summed E-state index contributed by atoms with van der Waals surface area (Å²) in [4.78, 5) is 41.6. The summed E-state index contributed by atoms with van der Waals surface area (Å²) < 4.78 is 2.15. The molecule has 1 aromatic heterocycles. The van der Waals surface area contributed by atoms with Gasteiger partial charge in [-0.15, -0.1) is 0 Å². The van der Waals surface area contributed by atoms with Crippen molar-refractivity contribution in [2.24, 2.45) is 0 Å². The Morgan fingerprint density at radius 1 is 1.03 bits per heavy atom. The summed E-state index contributed by atoms with van der Waals surface area (Å²) in [7, 11) is 0. The summed E-state index contributed by atoms with van der Waals surface area (Å²) in [5.74, 6) is -0.111. The average molecular weight is 536 g/mol. The van der Waals surface area contributed by atoms with Crippen molar-refractivity contribution < 1.29 is 9.72 Å². The van der Waals surface area contributed by atoms with Crippen molar-refractivity contribution in [2.45, 2.75) is 0 Å². The molecule has 4 aromatic rings. The molecule has 1 aliphatic rings. The number of fused-ring (bicyclic) bond motifs is 2. The van der Waals surface area contributed by atoms with E-state index in [-0.39, 0.29) is 28.7 Å². The number of nitro benzene ring substituents is 1. The van der Waals surface area contributed by atoms with E-state index in [1.165, 1.54) is 22.8 Å². The Kier molecular flexibility index (Phi) is 4.82. The fraction of sp³-hybridized carbons (Fsp3) is 0. The number of nitrogens with zero attached hydrogens (tertiary/aromatic N) is 3. The first-order valence-corrected chi connectivity index (χ1v) is 10.6. The number of non-ortho nitro benzene ring substituents is 1. The minimum Gasteiger partial charge on any atom is -0.321 e. The molecule has 0 fully saturated rings. The van der Waals surface area contributed by atoms with Crippen LogP contribution in [-0.4, -0.2) is 20.4 Å². The molecule has 3 aromatic carbocycles. The van der Waals surface area contributed by atoms with E-state index in [4.69, 9.17) is 0 Å². The number of amides is 1. The maximum Gasteiger partial charge on any atom is 0.271 e. The molecule has 1 aliphatic heterocycles. The molecule has 32 heavy (non-hydrogen) atoms. The zero-order chi connectivity index (χ0) is 22.4. The molecular weight excluding hydrogens is 523 g/mol. The summed E-state index contributed by atoms with van der Waals surface area (Å²) in [6.07, 6.45) is 1.54. The van der Waals surface area contributed by atoms with Gasteiger partial charge in [-0.25, -0.2) is 4.98 Å². The molecule has 2 heterocycles. The number of hydrogen-bond donors (Lipinski definition) is 1. The van der Waals surface area contributed by atoms with Crippen molar-refractivity contribution in [3.63, 3.8) is 0 Å². The highest BCUT2D eigenvalue weighted by molar-refractivity contribution is 14.1. The highest BCUT2D eigenvalue weighted by Gasteiger charge is 2.25. The molecule has 0 aliphatic carbocycles. The Morgan fingerprint density at radius 2 is 1.84 bits per heavy atom. The summed E-state index contributed by atoms with van der Waals surface area (Å²) in [6.45, 7) is 0. The van der Waals surface area contributed by atoms with Gasteiger partial charge in [-0.1, -0.05) is 24.3 Å². The maximum atomic E-state index is 13.5. The van der Waals surface area contributed by atoms with Gasteiger partial charge in [-0.05, 0) is 59.0 Å². The summed E-state index contributed by atoms with van der Waals surface area (Å²) >= 11 is 2.11. The smallest absolute Gasteiger partial charge is 0.271 e. The van der Waals surface area contributed by atoms with Gasteiger partial charge in [-0.2, -0.15) is 0 Å². The lowest BCUT2D eigenvalue weighted by atomic mass is 10.1. The van der Waals surface area contributed by atoms with Crippen molar-refractivity contribution in [3.8, 4) is 5.69 Å². The van der Waals surface area contributed by atoms with Crippen LogP contribution < -0.4 is 10.9 Å². The predicted molar refractivity (Wildman–Crippen MR) is 130 cm³/mol. The van der Waals surface area contributed by atoms with Gasteiger partial charge in [0, 0.05) is 27.0 Å². The van der Waals surface area contributed by atoms with Crippen LogP contribution >= 0.6 is 22.6 Å². The standard InChI is InChI=1S/C23H13IN4O4/c24-13-8-9-20-18(10-13)23(30)27(14-4-3-5-15(11-14)28(31)32)21(25-20)12-17-16-6-1-2-7-19(16)26-22(17)29/h1-12H,(H,26,29). The minimum atomic E-state index is -0.523. The average Bonchev–Trinajstić information content (AvgIpc) is 3.09. The third-order valence-electron chi connectivity index (χ3n) is 5.14. The van der Waals surface area contributed by atoms with E-state index in [0.29, 0.717) is 27.7 Å². The largest absolute Gasteiger partial charge is 0.321 e. The fourth-order valence-electron chi connectivity index (χ4n) is 3.68. The zero-order valence-corrected chi connectivity index (χ0v) is 18.4. The van der Waals surface area contributed by atoms with E-state index in [1.807, 2.05) is 18.2 Å². The second-order valence-corrected chi connectivity index (χ2v) is 8.35. The van der Waals surface area contributed by atoms with E-state index >= 15 is 0 Å². The lowest BCUT2D eigenvalue weighted by Crippen LogP contribution is -2.23. The maximum absolute atomic E-state index is 13.5. The SMILES string of the molecule is O=C1Nc2ccccc2C1=Cc1nc2ccc(I)cc2c(=O)n1-c1cccc([N+](=O)[O-])c1. The van der Waals surface area contributed by atoms with Gasteiger partial charge in [0.2, 0.25) is 0 Å². The Bertz CT molecular complexity index is 1540. The topological polar surface area (TPSA) is 107 Å². The molecule has 0 radical (unpaired) electrons. The number of anilines is 1. The fourth-order valence-corrected chi connectivity index (χ4v) is 4.17. The molecule has 0 bridgehead atoms. The Labute approximate surface area is 194 Å². The van der Waals surface area contributed by atoms with Crippen molar-refractivity contribution in [2.75, 3.05) is 5.32 Å². The number of hydrogen-bond acceptors (Lipinski definition) is 5. The second kappa shape index (κ2) is 7.68. The quantitative estimate of drug-likeness (QED) is 0.181. The van der Waals surface area contributed by atoms with Crippen LogP contribution in [0.15, 0.2) is 71.5 Å². The van der Waals surface area contributed by atoms with Gasteiger partial charge in [-0.3, -0.25) is 24.3 Å². The Morgan fingerprint density at radius 3 is 2.66 bits per heavy atom. The van der Waals surface area contributed by atoms with Gasteiger partial charge >= 0.3 is 0 Å². The van der Waals surface area contributed by atoms with E-state index < -0.39 is 4.92 Å². The summed E-state index contributed by atoms with van der Waals surface area (Å²) in [5.41, 5.74) is 1.94. The molecule has 0 saturated heterocycles. The van der Waals surface area contributed by atoms with Crippen molar-refractivity contribution in [1.82, 2.24) is 9.55 Å². The highest BCUT2D eigenvalue weighted by Crippen LogP contribution is 2.33. The molecule has 0 unspecified atom stereocenters. The van der Waals surface area contributed by atoms with Crippen molar-refractivity contribution >= 4 is 62.4 Å². The van der Waals surface area contributed by atoms with Gasteiger partial charge in [0.15, 0.2) is 0 Å². The third kappa shape index (κ3) is 3.36. The zero-order valence-electron chi connectivity index (χ0n) is 16.3. The van der Waals surface area contributed by atoms with E-state index in [9.17, 15) is 19.7 Å². The monoisotopic (exact) mass is 536 g/mol. The first kappa shape index (κ1) is 20.1. The Hall–Kier alpha value is -3.86. The van der Waals surface area contributed by atoms with Crippen LogP contribution in [0.2, 0.25) is 0 Å². The second-order valence-electron chi connectivity index (χ2n) is 7.11. The van der Waals surface area contributed by atoms with Gasteiger partial charge in [0.05, 0.1) is 27.1 Å². The third-order valence-corrected chi connectivity index (χ3v) is 5.81. The molecule has 156 valence electrons. The number of halogens is 1. The van der Waals surface area contributed by atoms with Crippen LogP contribution in [0, 0.1) is 13.7 Å². The molecule has 8 nitrogen and oxygen atoms in total. The number of nitrogens with one attached hydrogen (secondary N) is 1. The van der Waals surface area contributed by atoms with Gasteiger partial charge in [0.1, 0.15) is 5.82 Å². The summed E-state index contributed by atoms with van der Waals surface area (Å²) in [5, 5.41) is 14.5. The molecule has 1 N–H and O–H groups in total. The van der Waals surface area contributed by atoms with Crippen LogP contribution in [0.25, 0.3) is 28.2 Å². The molecular formula is C23H13IN4O4.